The topological polar surface area (TPSA) is 96.9 Å². The van der Waals surface area contributed by atoms with Crippen molar-refractivity contribution in [2.45, 2.75) is 271 Å². The predicted molar refractivity (Wildman–Crippen MR) is 243 cm³/mol. The molecule has 0 saturated carbocycles. The van der Waals surface area contributed by atoms with Crippen molar-refractivity contribution in [3.05, 3.63) is 28.8 Å². The normalized spacial score (nSPS) is 19.5. The Morgan fingerprint density at radius 1 is 0.621 bits per heavy atom. The molecule has 58 heavy (non-hydrogen) atoms. The Kier molecular flexibility index (Phi) is 18.7. The average molecular weight is 811 g/mol. The van der Waals surface area contributed by atoms with E-state index < -0.39 is 17.4 Å². The van der Waals surface area contributed by atoms with Gasteiger partial charge in [-0.05, 0) is 97.3 Å². The fourth-order valence-corrected chi connectivity index (χ4v) is 10.5. The van der Waals surface area contributed by atoms with Gasteiger partial charge in [0.05, 0.1) is 0 Å². The monoisotopic (exact) mass is 811 g/mol. The van der Waals surface area contributed by atoms with E-state index in [0.29, 0.717) is 32.1 Å². The fourth-order valence-electron chi connectivity index (χ4n) is 10.5. The number of piperidine rings is 2. The van der Waals surface area contributed by atoms with E-state index in [1.54, 1.807) is 0 Å². The molecule has 0 amide bonds. The highest BCUT2D eigenvalue weighted by Crippen LogP contribution is 2.42. The summed E-state index contributed by atoms with van der Waals surface area (Å²) in [4.78, 5) is 30.2. The molecule has 2 aliphatic heterocycles. The molecule has 0 aromatic heterocycles. The highest BCUT2D eigenvalue weighted by atomic mass is 16.6. The molecule has 1 aromatic carbocycles. The van der Waals surface area contributed by atoms with Gasteiger partial charge < -0.3 is 25.2 Å². The van der Waals surface area contributed by atoms with Crippen molar-refractivity contribution in [3.63, 3.8) is 0 Å². The van der Waals surface area contributed by atoms with Crippen LogP contribution in [0.15, 0.2) is 12.1 Å². The zero-order chi connectivity index (χ0) is 43.4. The number of phenols is 1. The summed E-state index contributed by atoms with van der Waals surface area (Å²) in [5, 5.41) is 18.6. The average Bonchev–Trinajstić information content (AvgIpc) is 3.05. The molecular weight excluding hydrogens is 721 g/mol. The number of aromatic hydroxyl groups is 1. The number of rotatable bonds is 23. The van der Waals surface area contributed by atoms with Crippen molar-refractivity contribution >= 4 is 11.9 Å². The first-order chi connectivity index (χ1) is 26.9. The van der Waals surface area contributed by atoms with Gasteiger partial charge in [-0.3, -0.25) is 9.59 Å². The third kappa shape index (κ3) is 16.4. The zero-order valence-corrected chi connectivity index (χ0v) is 39.9. The second-order valence-corrected chi connectivity index (χ2v) is 22.5. The van der Waals surface area contributed by atoms with Gasteiger partial charge in [0, 0.05) is 47.8 Å². The molecule has 2 aliphatic rings. The van der Waals surface area contributed by atoms with Crippen LogP contribution in [0.25, 0.3) is 0 Å². The van der Waals surface area contributed by atoms with Gasteiger partial charge in [-0.2, -0.15) is 0 Å². The number of esters is 2. The molecule has 0 unspecified atom stereocenters. The highest BCUT2D eigenvalue weighted by molar-refractivity contribution is 6.00. The summed E-state index contributed by atoms with van der Waals surface area (Å²) in [5.41, 5.74) is -0.376. The van der Waals surface area contributed by atoms with Gasteiger partial charge in [0.1, 0.15) is 18.0 Å². The summed E-state index contributed by atoms with van der Waals surface area (Å²) < 4.78 is 13.2. The van der Waals surface area contributed by atoms with Crippen LogP contribution in [0.1, 0.15) is 235 Å². The van der Waals surface area contributed by atoms with Crippen LogP contribution in [-0.4, -0.2) is 51.4 Å². The van der Waals surface area contributed by atoms with Crippen molar-refractivity contribution in [2.24, 2.45) is 5.41 Å². The van der Waals surface area contributed by atoms with Gasteiger partial charge in [-0.15, -0.1) is 0 Å². The largest absolute Gasteiger partial charge is 0.507 e. The maximum absolute atomic E-state index is 15.1. The number of hydrogen-bond donors (Lipinski definition) is 3. The number of hydrogen-bond acceptors (Lipinski definition) is 7. The van der Waals surface area contributed by atoms with Crippen molar-refractivity contribution in [1.29, 1.82) is 0 Å². The first-order valence-electron chi connectivity index (χ1n) is 23.7. The van der Waals surface area contributed by atoms with E-state index >= 15 is 9.59 Å². The third-order valence-corrected chi connectivity index (χ3v) is 12.8. The number of carbonyl (C=O) groups is 2. The van der Waals surface area contributed by atoms with E-state index in [9.17, 15) is 5.11 Å². The Hall–Kier alpha value is -2.12. The molecule has 0 aliphatic carbocycles. The van der Waals surface area contributed by atoms with Crippen LogP contribution in [0.4, 0.5) is 0 Å². The third-order valence-electron chi connectivity index (χ3n) is 12.8. The summed E-state index contributed by atoms with van der Waals surface area (Å²) in [7, 11) is 0. The van der Waals surface area contributed by atoms with Crippen LogP contribution in [0.3, 0.4) is 0 Å². The molecule has 334 valence electrons. The molecular formula is C51H90N2O5. The minimum absolute atomic E-state index is 0.170. The SMILES string of the molecule is CCCCCCCCCCCCCCCCCCC(Cc1cc(C)c(O)c(C(C)(C)C)c1)(C(=O)OC1CC(C)(C)NC(C)(C)C1)C(=O)OC1CC(C)(C)NC(C)(C)C1. The molecule has 2 saturated heterocycles. The zero-order valence-electron chi connectivity index (χ0n) is 39.9. The van der Waals surface area contributed by atoms with Crippen LogP contribution in [0, 0.1) is 12.3 Å². The molecule has 0 bridgehead atoms. The summed E-state index contributed by atoms with van der Waals surface area (Å²) >= 11 is 0. The van der Waals surface area contributed by atoms with Crippen molar-refractivity contribution in [2.75, 3.05) is 0 Å². The van der Waals surface area contributed by atoms with E-state index in [1.165, 1.54) is 83.5 Å². The first-order valence-corrected chi connectivity index (χ1v) is 23.7. The van der Waals surface area contributed by atoms with Gasteiger partial charge in [0.15, 0.2) is 5.41 Å². The van der Waals surface area contributed by atoms with Gasteiger partial charge in [0.2, 0.25) is 0 Å². The summed E-state index contributed by atoms with van der Waals surface area (Å²) in [6.07, 6.45) is 22.6. The van der Waals surface area contributed by atoms with Crippen molar-refractivity contribution in [3.8, 4) is 5.75 Å². The molecule has 0 radical (unpaired) electrons. The second-order valence-electron chi connectivity index (χ2n) is 22.5. The molecule has 2 heterocycles. The lowest BCUT2D eigenvalue weighted by Gasteiger charge is -2.47. The van der Waals surface area contributed by atoms with E-state index in [-0.39, 0.29) is 51.9 Å². The molecule has 1 aromatic rings. The Labute approximate surface area is 356 Å². The maximum Gasteiger partial charge on any atom is 0.324 e. The van der Waals surface area contributed by atoms with Crippen LogP contribution in [0.5, 0.6) is 5.75 Å². The molecule has 7 heteroatoms. The lowest BCUT2D eigenvalue weighted by Crippen LogP contribution is -2.61. The maximum atomic E-state index is 15.1. The smallest absolute Gasteiger partial charge is 0.324 e. The van der Waals surface area contributed by atoms with Gasteiger partial charge in [-0.1, -0.05) is 143 Å². The Morgan fingerprint density at radius 2 is 0.966 bits per heavy atom. The van der Waals surface area contributed by atoms with Crippen LogP contribution in [0.2, 0.25) is 0 Å². The van der Waals surface area contributed by atoms with Crippen molar-refractivity contribution in [1.82, 2.24) is 10.6 Å². The molecule has 0 atom stereocenters. The highest BCUT2D eigenvalue weighted by Gasteiger charge is 2.52. The lowest BCUT2D eigenvalue weighted by molar-refractivity contribution is -0.183. The number of ether oxygens (including phenoxy) is 2. The minimum Gasteiger partial charge on any atom is -0.507 e. The summed E-state index contributed by atoms with van der Waals surface area (Å²) in [5.74, 6) is -0.664. The Morgan fingerprint density at radius 3 is 1.31 bits per heavy atom. The molecule has 2 fully saturated rings. The first kappa shape index (κ1) is 50.2. The molecule has 7 nitrogen and oxygen atoms in total. The lowest BCUT2D eigenvalue weighted by atomic mass is 9.74. The number of nitrogens with one attached hydrogen (secondary N) is 2. The van der Waals surface area contributed by atoms with Crippen molar-refractivity contribution < 1.29 is 24.2 Å². The standard InChI is InChI=1S/C51H90N2O5/c1-14-15-16-17-18-19-20-21-22-23-24-25-26-27-28-29-30-51(33-39-31-38(2)43(54)42(32-39)46(3,4)5,44(55)57-40-34-47(6,7)52-48(8,9)35-40)45(56)58-41-36-49(10,11)53-50(12,13)37-41/h31-32,40-41,52-54H,14-30,33-37H2,1-13H3. The van der Waals surface area contributed by atoms with Crippen LogP contribution >= 0.6 is 0 Å². The van der Waals surface area contributed by atoms with Gasteiger partial charge in [0.25, 0.3) is 0 Å². The molecule has 3 N–H and O–H groups in total. The second kappa shape index (κ2) is 21.6. The number of phenolic OH excluding ortho intramolecular Hbond substituents is 1. The number of unbranched alkanes of at least 4 members (excludes halogenated alkanes) is 15. The summed E-state index contributed by atoms with van der Waals surface area (Å²) in [6.45, 7) is 27.7. The summed E-state index contributed by atoms with van der Waals surface area (Å²) in [6, 6.07) is 3.94. The number of benzene rings is 1. The Bertz CT molecular complexity index is 1350. The molecule has 3 rings (SSSR count). The number of carbonyl (C=O) groups excluding carboxylic acids is 2. The van der Waals surface area contributed by atoms with Crippen LogP contribution < -0.4 is 10.6 Å². The molecule has 0 spiro atoms. The predicted octanol–water partition coefficient (Wildman–Crippen LogP) is 12.9. The fraction of sp³-hybridized carbons (Fsp3) is 0.843. The van der Waals surface area contributed by atoms with E-state index in [1.807, 2.05) is 19.1 Å². The van der Waals surface area contributed by atoms with Gasteiger partial charge in [-0.25, -0.2) is 0 Å². The van der Waals surface area contributed by atoms with E-state index in [0.717, 1.165) is 36.0 Å². The van der Waals surface area contributed by atoms with E-state index in [2.05, 4.69) is 93.7 Å². The van der Waals surface area contributed by atoms with E-state index in [4.69, 9.17) is 9.47 Å². The Balaban J connectivity index is 1.84. The van der Waals surface area contributed by atoms with Gasteiger partial charge >= 0.3 is 11.9 Å². The minimum atomic E-state index is -1.52. The quantitative estimate of drug-likeness (QED) is 0.0575. The van der Waals surface area contributed by atoms with Crippen LogP contribution in [-0.2, 0) is 30.9 Å². The number of aryl methyl sites for hydroxylation is 1.